The summed E-state index contributed by atoms with van der Waals surface area (Å²) in [6, 6.07) is 5.42. The Labute approximate surface area is 155 Å². The predicted molar refractivity (Wildman–Crippen MR) is 103 cm³/mol. The minimum Gasteiger partial charge on any atom is -0.493 e. The Morgan fingerprint density at radius 1 is 1.36 bits per heavy atom. The Morgan fingerprint density at radius 3 is 2.56 bits per heavy atom. The largest absolute Gasteiger partial charge is 0.493 e. The van der Waals surface area contributed by atoms with E-state index in [1.165, 1.54) is 0 Å². The smallest absolute Gasteiger partial charge is 0.173 e. The number of ketones is 1. The van der Waals surface area contributed by atoms with Gasteiger partial charge in [0.05, 0.1) is 19.3 Å². The van der Waals surface area contributed by atoms with E-state index >= 15 is 0 Å². The molecule has 0 amide bonds. The molecule has 1 atom stereocenters. The van der Waals surface area contributed by atoms with E-state index in [2.05, 4.69) is 5.32 Å². The summed E-state index contributed by atoms with van der Waals surface area (Å²) in [4.78, 5) is 14.2. The van der Waals surface area contributed by atoms with Crippen molar-refractivity contribution in [2.45, 2.75) is 46.8 Å². The number of thiocarbonyl (C=S) groups is 1. The fourth-order valence-electron chi connectivity index (χ4n) is 3.08. The average molecular weight is 362 g/mol. The van der Waals surface area contributed by atoms with Crippen LogP contribution in [0, 0.1) is 0 Å². The van der Waals surface area contributed by atoms with E-state index in [-0.39, 0.29) is 17.9 Å². The lowest BCUT2D eigenvalue weighted by Gasteiger charge is -2.37. The molecule has 0 aromatic heterocycles. The maximum atomic E-state index is 12.3. The highest BCUT2D eigenvalue weighted by molar-refractivity contribution is 7.80. The van der Waals surface area contributed by atoms with E-state index in [0.717, 1.165) is 16.8 Å². The van der Waals surface area contributed by atoms with Crippen molar-refractivity contribution in [2.24, 2.45) is 0 Å². The van der Waals surface area contributed by atoms with E-state index < -0.39 is 0 Å². The number of allylic oxidation sites excluding steroid dienone is 1. The lowest BCUT2D eigenvalue weighted by molar-refractivity contribution is -0.114. The van der Waals surface area contributed by atoms with Crippen molar-refractivity contribution in [3.8, 4) is 11.5 Å². The number of ether oxygens (including phenoxy) is 2. The van der Waals surface area contributed by atoms with Crippen LogP contribution in [0.1, 0.15) is 46.2 Å². The number of rotatable bonds is 6. The minimum absolute atomic E-state index is 0.0254. The molecule has 0 spiro atoms. The maximum absolute atomic E-state index is 12.3. The van der Waals surface area contributed by atoms with Crippen LogP contribution in [0.25, 0.3) is 0 Å². The average Bonchev–Trinajstić information content (AvgIpc) is 2.54. The fourth-order valence-corrected chi connectivity index (χ4v) is 3.47. The Kier molecular flexibility index (Phi) is 6.06. The number of nitrogens with zero attached hydrogens (tertiary/aromatic N) is 1. The highest BCUT2D eigenvalue weighted by Crippen LogP contribution is 2.36. The summed E-state index contributed by atoms with van der Waals surface area (Å²) in [7, 11) is 1.61. The van der Waals surface area contributed by atoms with Gasteiger partial charge in [-0.25, -0.2) is 0 Å². The molecular weight excluding hydrogens is 336 g/mol. The standard InChI is InChI=1S/C19H26N2O3S/c1-7-21-12(4)17(13(5)22)18(20-19(21)25)14-8-9-15(24-11(2)3)16(10-14)23-6/h8-11,18H,7H2,1-6H3,(H,20,25). The molecule has 25 heavy (non-hydrogen) atoms. The molecular formula is C19H26N2O3S. The zero-order chi connectivity index (χ0) is 18.7. The number of nitrogens with one attached hydrogen (secondary N) is 1. The number of Topliss-reactive ketones (excluding diaryl/α,β-unsaturated/α-hetero) is 1. The van der Waals surface area contributed by atoms with Crippen LogP contribution in [-0.2, 0) is 4.79 Å². The summed E-state index contributed by atoms with van der Waals surface area (Å²) >= 11 is 5.48. The fraction of sp³-hybridized carbons (Fsp3) is 0.474. The SMILES string of the molecule is CCN1C(=S)NC(c2ccc(OC(C)C)c(OC)c2)C(C(C)=O)=C1C. The molecule has 2 rings (SSSR count). The first-order chi connectivity index (χ1) is 11.8. The third-order valence-electron chi connectivity index (χ3n) is 4.18. The van der Waals surface area contributed by atoms with Crippen molar-refractivity contribution >= 4 is 23.1 Å². The third-order valence-corrected chi connectivity index (χ3v) is 4.51. The Morgan fingerprint density at radius 2 is 2.04 bits per heavy atom. The van der Waals surface area contributed by atoms with Gasteiger partial charge in [-0.15, -0.1) is 0 Å². The van der Waals surface area contributed by atoms with Crippen molar-refractivity contribution in [1.29, 1.82) is 0 Å². The van der Waals surface area contributed by atoms with Gasteiger partial charge in [0.25, 0.3) is 0 Å². The number of carbonyl (C=O) groups is 1. The molecule has 0 fully saturated rings. The molecule has 1 aromatic carbocycles. The van der Waals surface area contributed by atoms with Gasteiger partial charge in [0.1, 0.15) is 0 Å². The third kappa shape index (κ3) is 3.95. The molecule has 0 radical (unpaired) electrons. The maximum Gasteiger partial charge on any atom is 0.173 e. The molecule has 1 unspecified atom stereocenters. The topological polar surface area (TPSA) is 50.8 Å². The lowest BCUT2D eigenvalue weighted by Crippen LogP contribution is -2.47. The van der Waals surface area contributed by atoms with Crippen LogP contribution < -0.4 is 14.8 Å². The second-order valence-corrected chi connectivity index (χ2v) is 6.65. The van der Waals surface area contributed by atoms with Crippen LogP contribution in [0.15, 0.2) is 29.5 Å². The Balaban J connectivity index is 2.50. The van der Waals surface area contributed by atoms with E-state index in [0.29, 0.717) is 23.2 Å². The van der Waals surface area contributed by atoms with Crippen LogP contribution in [0.4, 0.5) is 0 Å². The molecule has 5 nitrogen and oxygen atoms in total. The zero-order valence-electron chi connectivity index (χ0n) is 15.7. The molecule has 0 saturated carbocycles. The summed E-state index contributed by atoms with van der Waals surface area (Å²) in [5.74, 6) is 1.34. The van der Waals surface area contributed by atoms with Crippen LogP contribution in [0.3, 0.4) is 0 Å². The van der Waals surface area contributed by atoms with Crippen LogP contribution in [0.5, 0.6) is 11.5 Å². The van der Waals surface area contributed by atoms with Crippen molar-refractivity contribution in [3.05, 3.63) is 35.0 Å². The predicted octanol–water partition coefficient (Wildman–Crippen LogP) is 3.60. The van der Waals surface area contributed by atoms with Gasteiger partial charge in [0.2, 0.25) is 0 Å². The summed E-state index contributed by atoms with van der Waals surface area (Å²) in [5.41, 5.74) is 2.52. The van der Waals surface area contributed by atoms with Gasteiger partial charge in [-0.2, -0.15) is 0 Å². The van der Waals surface area contributed by atoms with Gasteiger partial charge in [-0.05, 0) is 64.5 Å². The molecule has 136 valence electrons. The number of benzene rings is 1. The molecule has 0 saturated heterocycles. The van der Waals surface area contributed by atoms with E-state index in [4.69, 9.17) is 21.7 Å². The zero-order valence-corrected chi connectivity index (χ0v) is 16.5. The van der Waals surface area contributed by atoms with Crippen LogP contribution >= 0.6 is 12.2 Å². The molecule has 0 bridgehead atoms. The summed E-state index contributed by atoms with van der Waals surface area (Å²) in [6.45, 7) is 10.2. The van der Waals surface area contributed by atoms with Gasteiger partial charge in [-0.3, -0.25) is 4.79 Å². The van der Waals surface area contributed by atoms with E-state index in [1.807, 2.05) is 50.8 Å². The molecule has 6 heteroatoms. The first-order valence-electron chi connectivity index (χ1n) is 8.44. The van der Waals surface area contributed by atoms with Gasteiger partial charge in [0, 0.05) is 17.8 Å². The monoisotopic (exact) mass is 362 g/mol. The lowest BCUT2D eigenvalue weighted by atomic mass is 9.92. The second-order valence-electron chi connectivity index (χ2n) is 6.26. The van der Waals surface area contributed by atoms with Gasteiger partial charge in [0.15, 0.2) is 22.4 Å². The molecule has 1 aliphatic heterocycles. The number of methoxy groups -OCH3 is 1. The summed E-state index contributed by atoms with van der Waals surface area (Å²) in [6.07, 6.45) is 0.0492. The first-order valence-corrected chi connectivity index (χ1v) is 8.85. The number of hydrogen-bond acceptors (Lipinski definition) is 4. The quantitative estimate of drug-likeness (QED) is 0.781. The van der Waals surface area contributed by atoms with Crippen molar-refractivity contribution < 1.29 is 14.3 Å². The van der Waals surface area contributed by atoms with Crippen LogP contribution in [-0.4, -0.2) is 35.6 Å². The van der Waals surface area contributed by atoms with Crippen molar-refractivity contribution in [3.63, 3.8) is 0 Å². The first kappa shape index (κ1) is 19.2. The normalized spacial score (nSPS) is 17.6. The molecule has 0 aliphatic carbocycles. The van der Waals surface area contributed by atoms with Crippen molar-refractivity contribution in [1.82, 2.24) is 10.2 Å². The van der Waals surface area contributed by atoms with E-state index in [9.17, 15) is 4.79 Å². The Bertz CT molecular complexity index is 713. The second kappa shape index (κ2) is 7.87. The number of hydrogen-bond donors (Lipinski definition) is 1. The minimum atomic E-state index is -0.296. The number of carbonyl (C=O) groups excluding carboxylic acids is 1. The Hall–Kier alpha value is -2.08. The van der Waals surface area contributed by atoms with Crippen LogP contribution in [0.2, 0.25) is 0 Å². The summed E-state index contributed by atoms with van der Waals surface area (Å²) in [5, 5.41) is 3.91. The highest BCUT2D eigenvalue weighted by Gasteiger charge is 2.32. The van der Waals surface area contributed by atoms with Crippen molar-refractivity contribution in [2.75, 3.05) is 13.7 Å². The molecule has 1 N–H and O–H groups in total. The molecule has 1 heterocycles. The molecule has 1 aromatic rings. The summed E-state index contributed by atoms with van der Waals surface area (Å²) < 4.78 is 11.2. The van der Waals surface area contributed by atoms with E-state index in [1.54, 1.807) is 14.0 Å². The molecule has 1 aliphatic rings. The van der Waals surface area contributed by atoms with Gasteiger partial charge in [-0.1, -0.05) is 6.07 Å². The highest BCUT2D eigenvalue weighted by atomic mass is 32.1. The van der Waals surface area contributed by atoms with Gasteiger partial charge >= 0.3 is 0 Å². The van der Waals surface area contributed by atoms with Gasteiger partial charge < -0.3 is 19.7 Å².